The molecule has 0 radical (unpaired) electrons. The summed E-state index contributed by atoms with van der Waals surface area (Å²) in [4.78, 5) is 21.5. The third-order valence-electron chi connectivity index (χ3n) is 4.96. The standard InChI is InChI=1S/C21H14Cl2N4O4/c22-15-5-1-13(2-6-15)18-12-20(14-3-7-16(23)8-4-14)25(24-18)19-10-9-17(26(28)29)11-21(19)27(30)31/h1-11,20H,12H2. The monoisotopic (exact) mass is 456 g/mol. The molecule has 0 aliphatic carbocycles. The first-order valence-corrected chi connectivity index (χ1v) is 9.90. The van der Waals surface area contributed by atoms with Crippen molar-refractivity contribution in [3.63, 3.8) is 0 Å². The van der Waals surface area contributed by atoms with Gasteiger partial charge in [-0.3, -0.25) is 25.2 Å². The van der Waals surface area contributed by atoms with Gasteiger partial charge in [-0.15, -0.1) is 0 Å². The Balaban J connectivity index is 1.84. The summed E-state index contributed by atoms with van der Waals surface area (Å²) in [6.45, 7) is 0. The summed E-state index contributed by atoms with van der Waals surface area (Å²) in [5.41, 5.74) is 1.80. The summed E-state index contributed by atoms with van der Waals surface area (Å²) >= 11 is 12.0. The highest BCUT2D eigenvalue weighted by Gasteiger charge is 2.34. The predicted molar refractivity (Wildman–Crippen MR) is 119 cm³/mol. The fraction of sp³-hybridized carbons (Fsp3) is 0.0952. The van der Waals surface area contributed by atoms with Crippen molar-refractivity contribution in [1.29, 1.82) is 0 Å². The Bertz CT molecular complexity index is 1200. The Hall–Kier alpha value is -3.49. The average Bonchev–Trinajstić information content (AvgIpc) is 3.19. The van der Waals surface area contributed by atoms with E-state index in [0.29, 0.717) is 22.2 Å². The number of rotatable bonds is 5. The average molecular weight is 457 g/mol. The second kappa shape index (κ2) is 8.33. The molecule has 1 aliphatic heterocycles. The van der Waals surface area contributed by atoms with E-state index in [9.17, 15) is 20.2 Å². The molecule has 0 bridgehead atoms. The summed E-state index contributed by atoms with van der Waals surface area (Å²) in [6, 6.07) is 17.5. The largest absolute Gasteiger partial charge is 0.301 e. The first-order valence-electron chi connectivity index (χ1n) is 9.14. The third-order valence-corrected chi connectivity index (χ3v) is 5.46. The number of nitro groups is 2. The SMILES string of the molecule is O=[N+]([O-])c1ccc(N2N=C(c3ccc(Cl)cc3)CC2c2ccc(Cl)cc2)c([N+](=O)[O-])c1. The van der Waals surface area contributed by atoms with Crippen molar-refractivity contribution in [2.24, 2.45) is 5.10 Å². The molecule has 4 rings (SSSR count). The highest BCUT2D eigenvalue weighted by molar-refractivity contribution is 6.31. The normalized spacial score (nSPS) is 15.6. The predicted octanol–water partition coefficient (Wildman–Crippen LogP) is 6.17. The van der Waals surface area contributed by atoms with Crippen molar-refractivity contribution < 1.29 is 9.85 Å². The van der Waals surface area contributed by atoms with E-state index in [1.165, 1.54) is 17.1 Å². The van der Waals surface area contributed by atoms with Gasteiger partial charge in [0.2, 0.25) is 0 Å². The number of hydrazone groups is 1. The lowest BCUT2D eigenvalue weighted by Crippen LogP contribution is -2.19. The summed E-state index contributed by atoms with van der Waals surface area (Å²) in [5, 5.41) is 30.2. The van der Waals surface area contributed by atoms with Crippen molar-refractivity contribution in [3.8, 4) is 0 Å². The molecule has 0 N–H and O–H groups in total. The summed E-state index contributed by atoms with van der Waals surface area (Å²) in [7, 11) is 0. The van der Waals surface area contributed by atoms with Gasteiger partial charge in [0, 0.05) is 22.5 Å². The molecule has 0 aromatic heterocycles. The van der Waals surface area contributed by atoms with Crippen LogP contribution in [0.15, 0.2) is 71.8 Å². The molecule has 1 heterocycles. The first kappa shape index (κ1) is 20.8. The van der Waals surface area contributed by atoms with Crippen molar-refractivity contribution in [1.82, 2.24) is 0 Å². The van der Waals surface area contributed by atoms with E-state index in [1.807, 2.05) is 24.3 Å². The zero-order chi connectivity index (χ0) is 22.1. The number of halogens is 2. The lowest BCUT2D eigenvalue weighted by Gasteiger charge is -2.23. The topological polar surface area (TPSA) is 102 Å². The molecule has 0 spiro atoms. The van der Waals surface area contributed by atoms with E-state index < -0.39 is 15.5 Å². The smallest absolute Gasteiger partial charge is 0.258 e. The Morgan fingerprint density at radius 3 is 2.06 bits per heavy atom. The number of nitrogens with zero attached hydrogens (tertiary/aromatic N) is 4. The van der Waals surface area contributed by atoms with Crippen molar-refractivity contribution >= 4 is 46.0 Å². The number of hydrogen-bond acceptors (Lipinski definition) is 6. The van der Waals surface area contributed by atoms with Gasteiger partial charge in [0.05, 0.1) is 27.7 Å². The van der Waals surface area contributed by atoms with Crippen LogP contribution in [0.2, 0.25) is 10.0 Å². The summed E-state index contributed by atoms with van der Waals surface area (Å²) in [6.07, 6.45) is 0.470. The Kier molecular flexibility index (Phi) is 5.58. The minimum atomic E-state index is -0.667. The molecular formula is C21H14Cl2N4O4. The maximum Gasteiger partial charge on any atom is 0.301 e. The van der Waals surface area contributed by atoms with E-state index in [-0.39, 0.29) is 17.4 Å². The van der Waals surface area contributed by atoms with E-state index >= 15 is 0 Å². The molecule has 31 heavy (non-hydrogen) atoms. The van der Waals surface area contributed by atoms with Crippen LogP contribution in [0.3, 0.4) is 0 Å². The van der Waals surface area contributed by atoms with Crippen molar-refractivity contribution in [2.75, 3.05) is 5.01 Å². The van der Waals surface area contributed by atoms with Gasteiger partial charge in [0.15, 0.2) is 0 Å². The highest BCUT2D eigenvalue weighted by Crippen LogP contribution is 2.42. The van der Waals surface area contributed by atoms with Gasteiger partial charge in [-0.1, -0.05) is 47.5 Å². The van der Waals surface area contributed by atoms with Crippen molar-refractivity contribution in [3.05, 3.63) is 108 Å². The van der Waals surface area contributed by atoms with Gasteiger partial charge in [-0.05, 0) is 41.5 Å². The molecule has 10 heteroatoms. The number of non-ortho nitro benzene ring substituents is 1. The molecule has 156 valence electrons. The van der Waals surface area contributed by atoms with Crippen LogP contribution in [0.5, 0.6) is 0 Å². The second-order valence-electron chi connectivity index (χ2n) is 6.86. The van der Waals surface area contributed by atoms with Crippen LogP contribution < -0.4 is 5.01 Å². The zero-order valence-corrected chi connectivity index (χ0v) is 17.3. The summed E-state index contributed by atoms with van der Waals surface area (Å²) in [5.74, 6) is 0. The van der Waals surface area contributed by atoms with E-state index in [1.54, 1.807) is 24.3 Å². The fourth-order valence-corrected chi connectivity index (χ4v) is 3.71. The molecular weight excluding hydrogens is 443 g/mol. The third kappa shape index (κ3) is 4.21. The quantitative estimate of drug-likeness (QED) is 0.337. The van der Waals surface area contributed by atoms with Crippen LogP contribution >= 0.6 is 23.2 Å². The highest BCUT2D eigenvalue weighted by atomic mass is 35.5. The van der Waals surface area contributed by atoms with E-state index in [4.69, 9.17) is 23.2 Å². The minimum absolute atomic E-state index is 0.166. The molecule has 1 atom stereocenters. The molecule has 0 amide bonds. The van der Waals surface area contributed by atoms with E-state index in [2.05, 4.69) is 5.10 Å². The van der Waals surface area contributed by atoms with Crippen LogP contribution in [0, 0.1) is 20.2 Å². The molecule has 0 saturated carbocycles. The fourth-order valence-electron chi connectivity index (χ4n) is 3.46. The molecule has 3 aromatic carbocycles. The Labute approximate surface area is 186 Å². The van der Waals surface area contributed by atoms with Gasteiger partial charge in [0.25, 0.3) is 5.69 Å². The van der Waals surface area contributed by atoms with Crippen LogP contribution in [-0.2, 0) is 0 Å². The Morgan fingerprint density at radius 2 is 1.48 bits per heavy atom. The first-order chi connectivity index (χ1) is 14.8. The second-order valence-corrected chi connectivity index (χ2v) is 7.73. The lowest BCUT2D eigenvalue weighted by atomic mass is 9.98. The van der Waals surface area contributed by atoms with Gasteiger partial charge in [-0.2, -0.15) is 5.10 Å². The number of benzene rings is 3. The van der Waals surface area contributed by atoms with Gasteiger partial charge in [0.1, 0.15) is 5.69 Å². The molecule has 1 unspecified atom stereocenters. The molecule has 1 aliphatic rings. The molecule has 3 aromatic rings. The lowest BCUT2D eigenvalue weighted by molar-refractivity contribution is -0.393. The van der Waals surface area contributed by atoms with E-state index in [0.717, 1.165) is 17.2 Å². The van der Waals surface area contributed by atoms with Gasteiger partial charge >= 0.3 is 5.69 Å². The molecule has 8 nitrogen and oxygen atoms in total. The van der Waals surface area contributed by atoms with Gasteiger partial charge in [-0.25, -0.2) is 0 Å². The van der Waals surface area contributed by atoms with Crippen LogP contribution in [-0.4, -0.2) is 15.6 Å². The molecule has 0 saturated heterocycles. The molecule has 0 fully saturated rings. The van der Waals surface area contributed by atoms with Crippen LogP contribution in [0.1, 0.15) is 23.6 Å². The minimum Gasteiger partial charge on any atom is -0.258 e. The number of hydrogen-bond donors (Lipinski definition) is 0. The Morgan fingerprint density at radius 1 is 0.871 bits per heavy atom. The van der Waals surface area contributed by atoms with Crippen molar-refractivity contribution in [2.45, 2.75) is 12.5 Å². The van der Waals surface area contributed by atoms with Gasteiger partial charge < -0.3 is 0 Å². The maximum atomic E-state index is 11.7. The number of anilines is 1. The zero-order valence-electron chi connectivity index (χ0n) is 15.8. The van der Waals surface area contributed by atoms with Crippen LogP contribution in [0.4, 0.5) is 17.1 Å². The number of nitro benzene ring substituents is 2. The summed E-state index contributed by atoms with van der Waals surface area (Å²) < 4.78 is 0. The van der Waals surface area contributed by atoms with Crippen LogP contribution in [0.25, 0.3) is 0 Å². The maximum absolute atomic E-state index is 11.7.